The second-order valence-electron chi connectivity index (χ2n) is 3.08. The summed E-state index contributed by atoms with van der Waals surface area (Å²) in [6.45, 7) is 1.80. The first-order chi connectivity index (χ1) is 6.27. The summed E-state index contributed by atoms with van der Waals surface area (Å²) in [5, 5.41) is 17.5. The summed E-state index contributed by atoms with van der Waals surface area (Å²) >= 11 is 0. The second-order valence-corrected chi connectivity index (χ2v) is 3.08. The molecule has 0 aromatic carbocycles. The lowest BCUT2D eigenvalue weighted by Crippen LogP contribution is -2.13. The molecule has 1 aromatic heterocycles. The lowest BCUT2D eigenvalue weighted by atomic mass is 10.3. The van der Waals surface area contributed by atoms with Crippen LogP contribution in [0.15, 0.2) is 12.4 Å². The highest BCUT2D eigenvalue weighted by Gasteiger charge is 2.19. The minimum atomic E-state index is -0.425. The van der Waals surface area contributed by atoms with Crippen molar-refractivity contribution in [2.24, 2.45) is 0 Å². The van der Waals surface area contributed by atoms with E-state index < -0.39 is 4.92 Å². The zero-order chi connectivity index (χ0) is 9.26. The Morgan fingerprint density at radius 3 is 3.00 bits per heavy atom. The van der Waals surface area contributed by atoms with E-state index in [1.165, 1.54) is 12.4 Å². The van der Waals surface area contributed by atoms with E-state index >= 15 is 0 Å². The Labute approximate surface area is 86.8 Å². The highest BCUT2D eigenvalue weighted by molar-refractivity contribution is 5.85. The van der Waals surface area contributed by atoms with Crippen LogP contribution in [0.3, 0.4) is 0 Å². The standard InChI is InChI=1S/C7H10N4O2.ClH/c12-11(13)7-4-9-10(5-7)6-1-2-8-3-6;/h4-6,8H,1-3H2;1H/t6-;/m0./s1. The van der Waals surface area contributed by atoms with E-state index in [0.29, 0.717) is 0 Å². The summed E-state index contributed by atoms with van der Waals surface area (Å²) in [6, 6.07) is 0.272. The number of halogens is 1. The summed E-state index contributed by atoms with van der Waals surface area (Å²) in [7, 11) is 0. The van der Waals surface area contributed by atoms with Crippen LogP contribution < -0.4 is 5.32 Å². The van der Waals surface area contributed by atoms with Gasteiger partial charge in [-0.2, -0.15) is 5.10 Å². The normalized spacial score (nSPS) is 20.4. The van der Waals surface area contributed by atoms with Crippen molar-refractivity contribution in [1.82, 2.24) is 15.1 Å². The first-order valence-corrected chi connectivity index (χ1v) is 4.16. The van der Waals surface area contributed by atoms with E-state index in [9.17, 15) is 10.1 Å². The van der Waals surface area contributed by atoms with Gasteiger partial charge in [0, 0.05) is 6.54 Å². The first-order valence-electron chi connectivity index (χ1n) is 4.16. The van der Waals surface area contributed by atoms with E-state index in [1.54, 1.807) is 4.68 Å². The average molecular weight is 219 g/mol. The minimum absolute atomic E-state index is 0. The van der Waals surface area contributed by atoms with Crippen LogP contribution in [0.5, 0.6) is 0 Å². The van der Waals surface area contributed by atoms with Crippen molar-refractivity contribution in [3.05, 3.63) is 22.5 Å². The van der Waals surface area contributed by atoms with Crippen molar-refractivity contribution in [3.8, 4) is 0 Å². The molecule has 0 aliphatic carbocycles. The zero-order valence-electron chi connectivity index (χ0n) is 7.42. The largest absolute Gasteiger partial charge is 0.315 e. The topological polar surface area (TPSA) is 73.0 Å². The molecular weight excluding hydrogens is 208 g/mol. The van der Waals surface area contributed by atoms with Gasteiger partial charge in [0.1, 0.15) is 12.4 Å². The number of aromatic nitrogens is 2. The molecule has 0 saturated carbocycles. The molecule has 2 rings (SSSR count). The van der Waals surface area contributed by atoms with E-state index in [4.69, 9.17) is 0 Å². The van der Waals surface area contributed by atoms with Gasteiger partial charge in [-0.1, -0.05) is 0 Å². The van der Waals surface area contributed by atoms with Gasteiger partial charge in [0.2, 0.25) is 0 Å². The van der Waals surface area contributed by atoms with E-state index in [0.717, 1.165) is 19.5 Å². The summed E-state index contributed by atoms with van der Waals surface area (Å²) in [5.74, 6) is 0. The number of hydrogen-bond donors (Lipinski definition) is 1. The first kappa shape index (κ1) is 10.9. The van der Waals surface area contributed by atoms with Crippen LogP contribution in [0.2, 0.25) is 0 Å². The fraction of sp³-hybridized carbons (Fsp3) is 0.571. The summed E-state index contributed by atoms with van der Waals surface area (Å²) in [4.78, 5) is 9.94. The van der Waals surface area contributed by atoms with Gasteiger partial charge in [-0.05, 0) is 13.0 Å². The van der Waals surface area contributed by atoms with Crippen molar-refractivity contribution in [3.63, 3.8) is 0 Å². The van der Waals surface area contributed by atoms with E-state index in [1.807, 2.05) is 0 Å². The van der Waals surface area contributed by atoms with Crippen LogP contribution in [0.4, 0.5) is 5.69 Å². The van der Waals surface area contributed by atoms with Crippen LogP contribution in [-0.4, -0.2) is 27.8 Å². The predicted octanol–water partition coefficient (Wildman–Crippen LogP) is 0.747. The lowest BCUT2D eigenvalue weighted by Gasteiger charge is -2.06. The van der Waals surface area contributed by atoms with Crippen molar-refractivity contribution in [1.29, 1.82) is 0 Å². The maximum absolute atomic E-state index is 10.4. The molecule has 2 heterocycles. The SMILES string of the molecule is Cl.O=[N+]([O-])c1cnn([C@H]2CCNC2)c1. The minimum Gasteiger partial charge on any atom is -0.315 e. The molecule has 1 saturated heterocycles. The Bertz CT molecular complexity index is 321. The average Bonchev–Trinajstić information content (AvgIpc) is 2.75. The summed E-state index contributed by atoms with van der Waals surface area (Å²) < 4.78 is 1.66. The molecule has 78 valence electrons. The van der Waals surface area contributed by atoms with Crippen LogP contribution in [0.1, 0.15) is 12.5 Å². The van der Waals surface area contributed by atoms with Gasteiger partial charge in [-0.15, -0.1) is 12.4 Å². The smallest absolute Gasteiger partial charge is 0.307 e. The van der Waals surface area contributed by atoms with Crippen LogP contribution >= 0.6 is 12.4 Å². The van der Waals surface area contributed by atoms with Crippen LogP contribution in [0.25, 0.3) is 0 Å². The van der Waals surface area contributed by atoms with Crippen molar-refractivity contribution in [2.75, 3.05) is 13.1 Å². The number of nitrogens with one attached hydrogen (secondary N) is 1. The number of nitrogens with zero attached hydrogens (tertiary/aromatic N) is 3. The van der Waals surface area contributed by atoms with E-state index in [2.05, 4.69) is 10.4 Å². The summed E-state index contributed by atoms with van der Waals surface area (Å²) in [5.41, 5.74) is 0.0619. The predicted molar refractivity (Wildman–Crippen MR) is 52.7 cm³/mol. The Kier molecular flexibility index (Phi) is 3.43. The third kappa shape index (κ3) is 2.02. The van der Waals surface area contributed by atoms with Gasteiger partial charge in [0.25, 0.3) is 0 Å². The third-order valence-electron chi connectivity index (χ3n) is 2.21. The number of nitro groups is 1. The monoisotopic (exact) mass is 218 g/mol. The molecule has 0 unspecified atom stereocenters. The van der Waals surface area contributed by atoms with Gasteiger partial charge in [0.05, 0.1) is 11.0 Å². The molecule has 0 spiro atoms. The highest BCUT2D eigenvalue weighted by Crippen LogP contribution is 2.17. The lowest BCUT2D eigenvalue weighted by molar-refractivity contribution is -0.385. The van der Waals surface area contributed by atoms with Gasteiger partial charge < -0.3 is 5.32 Å². The fourth-order valence-electron chi connectivity index (χ4n) is 1.49. The Hall–Kier alpha value is -1.14. The molecule has 7 heteroatoms. The molecule has 1 aliphatic heterocycles. The molecule has 1 aromatic rings. The van der Waals surface area contributed by atoms with Gasteiger partial charge in [0.15, 0.2) is 0 Å². The Morgan fingerprint density at radius 1 is 1.71 bits per heavy atom. The summed E-state index contributed by atoms with van der Waals surface area (Å²) in [6.07, 6.45) is 3.76. The molecule has 0 radical (unpaired) electrons. The molecule has 1 N–H and O–H groups in total. The Balaban J connectivity index is 0.000000980. The van der Waals surface area contributed by atoms with Crippen LogP contribution in [-0.2, 0) is 0 Å². The Morgan fingerprint density at radius 2 is 2.50 bits per heavy atom. The fourth-order valence-corrected chi connectivity index (χ4v) is 1.49. The van der Waals surface area contributed by atoms with E-state index in [-0.39, 0.29) is 24.1 Å². The second kappa shape index (κ2) is 4.39. The zero-order valence-corrected chi connectivity index (χ0v) is 8.24. The number of rotatable bonds is 2. The number of hydrogen-bond acceptors (Lipinski definition) is 4. The molecule has 1 atom stereocenters. The maximum atomic E-state index is 10.4. The molecule has 1 fully saturated rings. The molecule has 0 bridgehead atoms. The molecule has 0 amide bonds. The van der Waals surface area contributed by atoms with Crippen molar-refractivity contribution < 1.29 is 4.92 Å². The van der Waals surface area contributed by atoms with Crippen LogP contribution in [0, 0.1) is 10.1 Å². The molecular formula is C7H11ClN4O2. The van der Waals surface area contributed by atoms with Gasteiger partial charge >= 0.3 is 5.69 Å². The van der Waals surface area contributed by atoms with Crippen molar-refractivity contribution in [2.45, 2.75) is 12.5 Å². The quantitative estimate of drug-likeness (QED) is 0.587. The van der Waals surface area contributed by atoms with Gasteiger partial charge in [-0.3, -0.25) is 14.8 Å². The third-order valence-corrected chi connectivity index (χ3v) is 2.21. The maximum Gasteiger partial charge on any atom is 0.307 e. The van der Waals surface area contributed by atoms with Crippen molar-refractivity contribution >= 4 is 18.1 Å². The molecule has 6 nitrogen and oxygen atoms in total. The molecule has 14 heavy (non-hydrogen) atoms. The highest BCUT2D eigenvalue weighted by atomic mass is 35.5. The van der Waals surface area contributed by atoms with Gasteiger partial charge in [-0.25, -0.2) is 0 Å². The molecule has 1 aliphatic rings.